The van der Waals surface area contributed by atoms with Crippen LogP contribution >= 0.6 is 0 Å². The molecule has 0 aliphatic rings. The van der Waals surface area contributed by atoms with Crippen LogP contribution in [0.3, 0.4) is 0 Å². The summed E-state index contributed by atoms with van der Waals surface area (Å²) in [4.78, 5) is 8.19. The Labute approximate surface area is 112 Å². The molecule has 1 N–H and O–H groups in total. The summed E-state index contributed by atoms with van der Waals surface area (Å²) >= 11 is 0. The van der Waals surface area contributed by atoms with Crippen molar-refractivity contribution >= 4 is 5.82 Å². The van der Waals surface area contributed by atoms with E-state index in [9.17, 15) is 0 Å². The minimum atomic E-state index is 0.0888. The van der Waals surface area contributed by atoms with Crippen molar-refractivity contribution in [3.8, 4) is 5.88 Å². The van der Waals surface area contributed by atoms with Crippen LogP contribution in [0.15, 0.2) is 18.7 Å². The van der Waals surface area contributed by atoms with E-state index in [-0.39, 0.29) is 6.10 Å². The molecule has 0 aliphatic carbocycles. The number of nitrogens with one attached hydrogen (secondary N) is 1. The fourth-order valence-corrected chi connectivity index (χ4v) is 1.59. The molecule has 0 amide bonds. The molecular formula is C12H18N6O. The van der Waals surface area contributed by atoms with Crippen LogP contribution in [-0.2, 0) is 13.1 Å². The molecule has 2 aromatic rings. The van der Waals surface area contributed by atoms with Gasteiger partial charge in [-0.25, -0.2) is 9.97 Å². The van der Waals surface area contributed by atoms with Crippen LogP contribution in [0.2, 0.25) is 0 Å². The molecule has 0 fully saturated rings. The quantitative estimate of drug-likeness (QED) is 0.849. The van der Waals surface area contributed by atoms with Crippen molar-refractivity contribution < 1.29 is 4.74 Å². The Morgan fingerprint density at radius 3 is 2.95 bits per heavy atom. The minimum absolute atomic E-state index is 0.0888. The smallest absolute Gasteiger partial charge is 0.218 e. The van der Waals surface area contributed by atoms with Crippen molar-refractivity contribution in [1.29, 1.82) is 0 Å². The van der Waals surface area contributed by atoms with Crippen LogP contribution in [0.25, 0.3) is 0 Å². The topological polar surface area (TPSA) is 77.8 Å². The van der Waals surface area contributed by atoms with Gasteiger partial charge in [0.25, 0.3) is 0 Å². The van der Waals surface area contributed by atoms with Crippen LogP contribution < -0.4 is 10.1 Å². The lowest BCUT2D eigenvalue weighted by atomic mass is 10.4. The molecule has 2 aromatic heterocycles. The standard InChI is InChI=1S/C12H18N6O/c1-4-18-8-16-17-11(18)6-13-10-5-12(15-7-14-10)19-9(2)3/h5,7-9H,4,6H2,1-3H3,(H,13,14,15). The first-order valence-corrected chi connectivity index (χ1v) is 6.28. The number of aromatic nitrogens is 5. The number of anilines is 1. The second kappa shape index (κ2) is 6.12. The fourth-order valence-electron chi connectivity index (χ4n) is 1.59. The SMILES string of the molecule is CCn1cnnc1CNc1cc(OC(C)C)ncn1. The Morgan fingerprint density at radius 1 is 1.37 bits per heavy atom. The number of nitrogens with zero attached hydrogens (tertiary/aromatic N) is 5. The first-order valence-electron chi connectivity index (χ1n) is 6.28. The second-order valence-electron chi connectivity index (χ2n) is 4.29. The van der Waals surface area contributed by atoms with Crippen molar-refractivity contribution in [3.63, 3.8) is 0 Å². The molecule has 2 heterocycles. The van der Waals surface area contributed by atoms with Crippen molar-refractivity contribution in [3.05, 3.63) is 24.5 Å². The van der Waals surface area contributed by atoms with E-state index in [1.165, 1.54) is 6.33 Å². The molecule has 0 saturated heterocycles. The third-order valence-electron chi connectivity index (χ3n) is 2.46. The molecule has 2 rings (SSSR count). The van der Waals surface area contributed by atoms with Crippen molar-refractivity contribution in [2.75, 3.05) is 5.32 Å². The van der Waals surface area contributed by atoms with Gasteiger partial charge in [-0.2, -0.15) is 0 Å². The third kappa shape index (κ3) is 3.64. The fraction of sp³-hybridized carbons (Fsp3) is 0.500. The van der Waals surface area contributed by atoms with Crippen LogP contribution in [0.5, 0.6) is 5.88 Å². The van der Waals surface area contributed by atoms with E-state index >= 15 is 0 Å². The summed E-state index contributed by atoms with van der Waals surface area (Å²) < 4.78 is 7.48. The zero-order chi connectivity index (χ0) is 13.7. The molecule has 102 valence electrons. The van der Waals surface area contributed by atoms with Crippen molar-refractivity contribution in [2.45, 2.75) is 40.0 Å². The molecule has 7 heteroatoms. The third-order valence-corrected chi connectivity index (χ3v) is 2.46. The number of hydrogen-bond donors (Lipinski definition) is 1. The molecule has 7 nitrogen and oxygen atoms in total. The maximum Gasteiger partial charge on any atom is 0.218 e. The molecule has 0 unspecified atom stereocenters. The average Bonchev–Trinajstić information content (AvgIpc) is 2.83. The molecule has 0 spiro atoms. The summed E-state index contributed by atoms with van der Waals surface area (Å²) in [5, 5.41) is 11.1. The molecule has 0 aromatic carbocycles. The van der Waals surface area contributed by atoms with E-state index in [1.54, 1.807) is 12.4 Å². The summed E-state index contributed by atoms with van der Waals surface area (Å²) in [6, 6.07) is 1.77. The second-order valence-corrected chi connectivity index (χ2v) is 4.29. The highest BCUT2D eigenvalue weighted by Crippen LogP contribution is 2.13. The van der Waals surface area contributed by atoms with Gasteiger partial charge in [-0.1, -0.05) is 0 Å². The number of aryl methyl sites for hydroxylation is 1. The lowest BCUT2D eigenvalue weighted by Gasteiger charge is -2.10. The molecule has 0 atom stereocenters. The Kier molecular flexibility index (Phi) is 4.27. The molecule has 0 radical (unpaired) electrons. The monoisotopic (exact) mass is 262 g/mol. The van der Waals surface area contributed by atoms with Gasteiger partial charge >= 0.3 is 0 Å². The van der Waals surface area contributed by atoms with E-state index in [4.69, 9.17) is 4.74 Å². The van der Waals surface area contributed by atoms with Crippen molar-refractivity contribution in [1.82, 2.24) is 24.7 Å². The summed E-state index contributed by atoms with van der Waals surface area (Å²) in [6.07, 6.45) is 3.28. The minimum Gasteiger partial charge on any atom is -0.475 e. The molecule has 19 heavy (non-hydrogen) atoms. The predicted molar refractivity (Wildman–Crippen MR) is 70.8 cm³/mol. The molecule has 0 bridgehead atoms. The van der Waals surface area contributed by atoms with Gasteiger partial charge in [0.15, 0.2) is 5.82 Å². The Hall–Kier alpha value is -2.18. The van der Waals surface area contributed by atoms with Gasteiger partial charge in [0.2, 0.25) is 5.88 Å². The highest BCUT2D eigenvalue weighted by atomic mass is 16.5. The summed E-state index contributed by atoms with van der Waals surface area (Å²) in [6.45, 7) is 7.37. The maximum absolute atomic E-state index is 5.51. The molecule has 0 aliphatic heterocycles. The summed E-state index contributed by atoms with van der Waals surface area (Å²) in [5.41, 5.74) is 0. The van der Waals surface area contributed by atoms with Crippen molar-refractivity contribution in [2.24, 2.45) is 0 Å². The zero-order valence-electron chi connectivity index (χ0n) is 11.4. The number of hydrogen-bond acceptors (Lipinski definition) is 6. The Morgan fingerprint density at radius 2 is 2.21 bits per heavy atom. The van der Waals surface area contributed by atoms with Gasteiger partial charge in [0, 0.05) is 12.6 Å². The van der Waals surface area contributed by atoms with Gasteiger partial charge in [0.1, 0.15) is 18.5 Å². The van der Waals surface area contributed by atoms with Crippen LogP contribution in [0.4, 0.5) is 5.82 Å². The molecular weight excluding hydrogens is 244 g/mol. The van der Waals surface area contributed by atoms with Crippen LogP contribution in [0.1, 0.15) is 26.6 Å². The normalized spacial score (nSPS) is 10.7. The van der Waals surface area contributed by atoms with Gasteiger partial charge in [-0.15, -0.1) is 10.2 Å². The average molecular weight is 262 g/mol. The van der Waals surface area contributed by atoms with E-state index < -0.39 is 0 Å². The first-order chi connectivity index (χ1) is 9.19. The maximum atomic E-state index is 5.51. The van der Waals surface area contributed by atoms with E-state index in [2.05, 4.69) is 25.5 Å². The predicted octanol–water partition coefficient (Wildman–Crippen LogP) is 1.49. The lowest BCUT2D eigenvalue weighted by molar-refractivity contribution is 0.232. The van der Waals surface area contributed by atoms with Gasteiger partial charge < -0.3 is 14.6 Å². The van der Waals surface area contributed by atoms with Gasteiger partial charge in [-0.3, -0.25) is 0 Å². The number of ether oxygens (including phenoxy) is 1. The van der Waals surface area contributed by atoms with E-state index in [0.29, 0.717) is 18.2 Å². The highest BCUT2D eigenvalue weighted by Gasteiger charge is 2.05. The van der Waals surface area contributed by atoms with Gasteiger partial charge in [-0.05, 0) is 20.8 Å². The lowest BCUT2D eigenvalue weighted by Crippen LogP contribution is -2.10. The van der Waals surface area contributed by atoms with E-state index in [0.717, 1.165) is 12.4 Å². The van der Waals surface area contributed by atoms with E-state index in [1.807, 2.05) is 25.3 Å². The Bertz CT molecular complexity index is 524. The Balaban J connectivity index is 1.99. The largest absolute Gasteiger partial charge is 0.475 e. The van der Waals surface area contributed by atoms with Gasteiger partial charge in [0.05, 0.1) is 12.6 Å². The summed E-state index contributed by atoms with van der Waals surface area (Å²) in [5.74, 6) is 2.13. The molecule has 0 saturated carbocycles. The van der Waals surface area contributed by atoms with Crippen LogP contribution in [0, 0.1) is 0 Å². The zero-order valence-corrected chi connectivity index (χ0v) is 11.4. The van der Waals surface area contributed by atoms with Crippen LogP contribution in [-0.4, -0.2) is 30.8 Å². The number of rotatable bonds is 6. The first kappa shape index (κ1) is 13.3. The highest BCUT2D eigenvalue weighted by molar-refractivity contribution is 5.37. The summed E-state index contributed by atoms with van der Waals surface area (Å²) in [7, 11) is 0.